The molecular weight excluding hydrogens is 260 g/mol. The third-order valence-electron chi connectivity index (χ3n) is 2.66. The average molecular weight is 276 g/mol. The Labute approximate surface area is 116 Å². The van der Waals surface area contributed by atoms with Gasteiger partial charge in [-0.25, -0.2) is 4.98 Å². The van der Waals surface area contributed by atoms with Crippen LogP contribution in [0.4, 0.5) is 11.4 Å². The monoisotopic (exact) mass is 276 g/mol. The summed E-state index contributed by atoms with van der Waals surface area (Å²) in [5, 5.41) is 14.0. The van der Waals surface area contributed by atoms with E-state index in [-0.39, 0.29) is 5.69 Å². The Balaban J connectivity index is 2.03. The van der Waals surface area contributed by atoms with E-state index in [1.807, 2.05) is 6.92 Å². The second kappa shape index (κ2) is 6.55. The van der Waals surface area contributed by atoms with Gasteiger partial charge in [0, 0.05) is 43.2 Å². The lowest BCUT2D eigenvalue weighted by Crippen LogP contribution is -2.06. The molecule has 2 rings (SSSR count). The van der Waals surface area contributed by atoms with E-state index in [1.54, 1.807) is 18.5 Å². The number of H-pyrrole nitrogens is 1. The van der Waals surface area contributed by atoms with E-state index in [1.165, 1.54) is 12.1 Å². The normalized spacial score (nSPS) is 10.2. The zero-order chi connectivity index (χ0) is 14.4. The standard InChI is InChI=1S/C13H16N4O3/c1-2-20-12-8-10(7-11(9-12)17(18)19)14-4-3-13-15-5-6-16-13/h5-9,14H,2-4H2,1H3,(H,15,16). The predicted molar refractivity (Wildman–Crippen MR) is 75.0 cm³/mol. The fourth-order valence-electron chi connectivity index (χ4n) is 1.80. The van der Waals surface area contributed by atoms with Gasteiger partial charge in [0.25, 0.3) is 5.69 Å². The molecular formula is C13H16N4O3. The minimum atomic E-state index is -0.430. The van der Waals surface area contributed by atoms with Crippen LogP contribution in [0.1, 0.15) is 12.7 Å². The van der Waals surface area contributed by atoms with Crippen molar-refractivity contribution < 1.29 is 9.66 Å². The van der Waals surface area contributed by atoms with Crippen LogP contribution in [0.25, 0.3) is 0 Å². The molecule has 0 saturated carbocycles. The van der Waals surface area contributed by atoms with Crippen LogP contribution < -0.4 is 10.1 Å². The van der Waals surface area contributed by atoms with Crippen LogP contribution in [0.2, 0.25) is 0 Å². The highest BCUT2D eigenvalue weighted by Gasteiger charge is 2.10. The number of nitro groups is 1. The zero-order valence-electron chi connectivity index (χ0n) is 11.1. The molecule has 106 valence electrons. The van der Waals surface area contributed by atoms with Gasteiger partial charge in [0.05, 0.1) is 17.6 Å². The van der Waals surface area contributed by atoms with Gasteiger partial charge in [-0.1, -0.05) is 0 Å². The number of nitrogens with one attached hydrogen (secondary N) is 2. The van der Waals surface area contributed by atoms with E-state index in [0.717, 1.165) is 5.82 Å². The third kappa shape index (κ3) is 3.71. The third-order valence-corrected chi connectivity index (χ3v) is 2.66. The molecule has 0 atom stereocenters. The highest BCUT2D eigenvalue weighted by atomic mass is 16.6. The number of imidazole rings is 1. The minimum absolute atomic E-state index is 0.0106. The summed E-state index contributed by atoms with van der Waals surface area (Å²) < 4.78 is 5.33. The number of hydrogen-bond donors (Lipinski definition) is 2. The number of hydrogen-bond acceptors (Lipinski definition) is 5. The highest BCUT2D eigenvalue weighted by Crippen LogP contribution is 2.26. The van der Waals surface area contributed by atoms with Crippen LogP contribution in [-0.2, 0) is 6.42 Å². The van der Waals surface area contributed by atoms with E-state index in [9.17, 15) is 10.1 Å². The molecule has 0 spiro atoms. The van der Waals surface area contributed by atoms with Gasteiger partial charge in [0.1, 0.15) is 11.6 Å². The number of anilines is 1. The Bertz CT molecular complexity index is 569. The second-order valence-electron chi connectivity index (χ2n) is 4.12. The van der Waals surface area contributed by atoms with Crippen LogP contribution >= 0.6 is 0 Å². The van der Waals surface area contributed by atoms with Crippen LogP contribution in [0.15, 0.2) is 30.6 Å². The average Bonchev–Trinajstić information content (AvgIpc) is 2.92. The molecule has 0 unspecified atom stereocenters. The molecule has 0 saturated heterocycles. The Morgan fingerprint density at radius 3 is 2.95 bits per heavy atom. The van der Waals surface area contributed by atoms with Gasteiger partial charge in [0.15, 0.2) is 0 Å². The van der Waals surface area contributed by atoms with E-state index in [0.29, 0.717) is 31.0 Å². The molecule has 0 aliphatic carbocycles. The summed E-state index contributed by atoms with van der Waals surface area (Å²) in [6.07, 6.45) is 4.16. The smallest absolute Gasteiger partial charge is 0.275 e. The molecule has 1 heterocycles. The first-order valence-corrected chi connectivity index (χ1v) is 6.33. The number of nitrogens with zero attached hydrogens (tertiary/aromatic N) is 2. The van der Waals surface area contributed by atoms with Crippen molar-refractivity contribution in [3.8, 4) is 5.75 Å². The summed E-state index contributed by atoms with van der Waals surface area (Å²) in [7, 11) is 0. The molecule has 0 fully saturated rings. The molecule has 20 heavy (non-hydrogen) atoms. The molecule has 0 aliphatic rings. The predicted octanol–water partition coefficient (Wildman–Crippen LogP) is 2.37. The number of ether oxygens (including phenoxy) is 1. The summed E-state index contributed by atoms with van der Waals surface area (Å²) >= 11 is 0. The Hall–Kier alpha value is -2.57. The summed E-state index contributed by atoms with van der Waals surface area (Å²) in [6, 6.07) is 4.66. The lowest BCUT2D eigenvalue weighted by atomic mass is 10.2. The fraction of sp³-hybridized carbons (Fsp3) is 0.308. The molecule has 2 aromatic rings. The molecule has 0 bridgehead atoms. The highest BCUT2D eigenvalue weighted by molar-refractivity contribution is 5.56. The van der Waals surface area contributed by atoms with Crippen molar-refractivity contribution in [3.05, 3.63) is 46.5 Å². The summed E-state index contributed by atoms with van der Waals surface area (Å²) in [5.74, 6) is 1.36. The van der Waals surface area contributed by atoms with Crippen LogP contribution in [-0.4, -0.2) is 28.0 Å². The summed E-state index contributed by atoms with van der Waals surface area (Å²) in [6.45, 7) is 2.93. The van der Waals surface area contributed by atoms with Crippen molar-refractivity contribution in [1.29, 1.82) is 0 Å². The Morgan fingerprint density at radius 1 is 1.45 bits per heavy atom. The van der Waals surface area contributed by atoms with Gasteiger partial charge in [0.2, 0.25) is 0 Å². The SMILES string of the molecule is CCOc1cc(NCCc2ncc[nH]2)cc([N+](=O)[O-])c1. The second-order valence-corrected chi connectivity index (χ2v) is 4.12. The molecule has 1 aromatic carbocycles. The lowest BCUT2D eigenvalue weighted by molar-refractivity contribution is -0.384. The van der Waals surface area contributed by atoms with Crippen molar-refractivity contribution in [1.82, 2.24) is 9.97 Å². The summed E-state index contributed by atoms with van der Waals surface area (Å²) in [5.41, 5.74) is 0.672. The van der Waals surface area contributed by atoms with E-state index in [4.69, 9.17) is 4.74 Å². The molecule has 0 radical (unpaired) electrons. The minimum Gasteiger partial charge on any atom is -0.494 e. The quantitative estimate of drug-likeness (QED) is 0.598. The molecule has 7 nitrogen and oxygen atoms in total. The van der Waals surface area contributed by atoms with E-state index in [2.05, 4.69) is 15.3 Å². The first-order chi connectivity index (χ1) is 9.69. The van der Waals surface area contributed by atoms with Crippen molar-refractivity contribution in [2.75, 3.05) is 18.5 Å². The lowest BCUT2D eigenvalue weighted by Gasteiger charge is -2.08. The Kier molecular flexibility index (Phi) is 4.54. The van der Waals surface area contributed by atoms with Crippen molar-refractivity contribution in [2.24, 2.45) is 0 Å². The molecule has 0 aliphatic heterocycles. The number of aromatic nitrogens is 2. The number of benzene rings is 1. The first-order valence-electron chi connectivity index (χ1n) is 6.33. The molecule has 1 aromatic heterocycles. The maximum atomic E-state index is 10.9. The van der Waals surface area contributed by atoms with Gasteiger partial charge >= 0.3 is 0 Å². The van der Waals surface area contributed by atoms with Crippen molar-refractivity contribution in [2.45, 2.75) is 13.3 Å². The topological polar surface area (TPSA) is 93.1 Å². The fourth-order valence-corrected chi connectivity index (χ4v) is 1.80. The molecule has 2 N–H and O–H groups in total. The summed E-state index contributed by atoms with van der Waals surface area (Å²) in [4.78, 5) is 17.6. The van der Waals surface area contributed by atoms with Crippen LogP contribution in [0.3, 0.4) is 0 Å². The maximum Gasteiger partial charge on any atom is 0.275 e. The Morgan fingerprint density at radius 2 is 2.30 bits per heavy atom. The number of non-ortho nitro benzene ring substituents is 1. The largest absolute Gasteiger partial charge is 0.494 e. The number of nitro benzene ring substituents is 1. The number of aromatic amines is 1. The van der Waals surface area contributed by atoms with Gasteiger partial charge < -0.3 is 15.0 Å². The van der Waals surface area contributed by atoms with Crippen LogP contribution in [0, 0.1) is 10.1 Å². The van der Waals surface area contributed by atoms with Gasteiger partial charge in [-0.05, 0) is 6.92 Å². The van der Waals surface area contributed by atoms with Gasteiger partial charge in [-0.15, -0.1) is 0 Å². The molecule has 0 amide bonds. The first kappa shape index (κ1) is 13.9. The molecule has 7 heteroatoms. The zero-order valence-corrected chi connectivity index (χ0v) is 11.1. The van der Waals surface area contributed by atoms with Gasteiger partial charge in [-0.2, -0.15) is 0 Å². The van der Waals surface area contributed by atoms with Crippen LogP contribution in [0.5, 0.6) is 5.75 Å². The van der Waals surface area contributed by atoms with E-state index < -0.39 is 4.92 Å². The van der Waals surface area contributed by atoms with Crippen molar-refractivity contribution in [3.63, 3.8) is 0 Å². The van der Waals surface area contributed by atoms with E-state index >= 15 is 0 Å². The van der Waals surface area contributed by atoms with Crippen molar-refractivity contribution >= 4 is 11.4 Å². The van der Waals surface area contributed by atoms with Gasteiger partial charge in [-0.3, -0.25) is 10.1 Å². The number of rotatable bonds is 7. The maximum absolute atomic E-state index is 10.9.